The molecule has 24 heavy (non-hydrogen) atoms. The highest BCUT2D eigenvalue weighted by molar-refractivity contribution is 5.94. The maximum absolute atomic E-state index is 13.1. The summed E-state index contributed by atoms with van der Waals surface area (Å²) in [5.74, 6) is 1.33. The summed E-state index contributed by atoms with van der Waals surface area (Å²) >= 11 is 0. The molecule has 1 saturated carbocycles. The van der Waals surface area contributed by atoms with E-state index in [1.54, 1.807) is 6.26 Å². The standard InChI is InChI=1S/C19H26N2O3/c1-14-6-11-24-16(14)17(22)21-10-8-19(13-21)7-3-9-20(18(19)23)12-15-4-2-5-15/h6,11,15H,2-5,7-10,12-13H2,1H3/t19-/m0/s1. The van der Waals surface area contributed by atoms with Crippen molar-refractivity contribution in [3.05, 3.63) is 23.7 Å². The van der Waals surface area contributed by atoms with Gasteiger partial charge in [0.2, 0.25) is 5.91 Å². The highest BCUT2D eigenvalue weighted by Gasteiger charge is 2.50. The minimum atomic E-state index is -0.349. The first-order chi connectivity index (χ1) is 11.6. The molecule has 1 aromatic heterocycles. The summed E-state index contributed by atoms with van der Waals surface area (Å²) in [5, 5.41) is 0. The first-order valence-corrected chi connectivity index (χ1v) is 9.22. The lowest BCUT2D eigenvalue weighted by Gasteiger charge is -2.42. The molecule has 2 saturated heterocycles. The van der Waals surface area contributed by atoms with E-state index in [1.165, 1.54) is 19.3 Å². The van der Waals surface area contributed by atoms with Crippen molar-refractivity contribution in [2.24, 2.45) is 11.3 Å². The normalized spacial score (nSPS) is 27.8. The van der Waals surface area contributed by atoms with Gasteiger partial charge in [-0.2, -0.15) is 0 Å². The Kier molecular flexibility index (Phi) is 3.89. The molecule has 0 bridgehead atoms. The Balaban J connectivity index is 1.46. The summed E-state index contributed by atoms with van der Waals surface area (Å²) in [5.41, 5.74) is 0.514. The number of aryl methyl sites for hydroxylation is 1. The van der Waals surface area contributed by atoms with Crippen LogP contribution in [0.25, 0.3) is 0 Å². The number of nitrogens with zero attached hydrogens (tertiary/aromatic N) is 2. The first kappa shape index (κ1) is 15.7. The second kappa shape index (κ2) is 5.94. The third-order valence-corrected chi connectivity index (χ3v) is 6.22. The number of piperidine rings is 1. The fourth-order valence-corrected chi connectivity index (χ4v) is 4.47. The molecule has 1 spiro atoms. The van der Waals surface area contributed by atoms with Gasteiger partial charge in [-0.25, -0.2) is 0 Å². The topological polar surface area (TPSA) is 53.8 Å². The highest BCUT2D eigenvalue weighted by atomic mass is 16.3. The minimum Gasteiger partial charge on any atom is -0.459 e. The first-order valence-electron chi connectivity index (χ1n) is 9.22. The van der Waals surface area contributed by atoms with Crippen LogP contribution in [0.3, 0.4) is 0 Å². The van der Waals surface area contributed by atoms with Crippen LogP contribution >= 0.6 is 0 Å². The average Bonchev–Trinajstić information content (AvgIpc) is 3.14. The van der Waals surface area contributed by atoms with Gasteiger partial charge in [0.15, 0.2) is 5.76 Å². The van der Waals surface area contributed by atoms with Crippen LogP contribution in [0.5, 0.6) is 0 Å². The van der Waals surface area contributed by atoms with Crippen molar-refractivity contribution in [2.45, 2.75) is 45.4 Å². The van der Waals surface area contributed by atoms with E-state index in [4.69, 9.17) is 4.42 Å². The number of furan rings is 1. The van der Waals surface area contributed by atoms with Crippen LogP contribution < -0.4 is 0 Å². The molecule has 2 aliphatic heterocycles. The van der Waals surface area contributed by atoms with Gasteiger partial charge in [0.25, 0.3) is 5.91 Å². The molecule has 3 aliphatic rings. The van der Waals surface area contributed by atoms with E-state index in [0.717, 1.165) is 37.9 Å². The van der Waals surface area contributed by atoms with Crippen molar-refractivity contribution in [1.29, 1.82) is 0 Å². The lowest BCUT2D eigenvalue weighted by atomic mass is 9.77. The average molecular weight is 330 g/mol. The van der Waals surface area contributed by atoms with Crippen molar-refractivity contribution in [3.63, 3.8) is 0 Å². The SMILES string of the molecule is Cc1ccoc1C(=O)N1CC[C@@]2(CCCN(CC3CCC3)C2=O)C1. The van der Waals surface area contributed by atoms with Gasteiger partial charge in [-0.05, 0) is 51.0 Å². The van der Waals surface area contributed by atoms with Crippen molar-refractivity contribution < 1.29 is 14.0 Å². The fourth-order valence-electron chi connectivity index (χ4n) is 4.47. The van der Waals surface area contributed by atoms with Crippen LogP contribution in [0.2, 0.25) is 0 Å². The molecule has 0 unspecified atom stereocenters. The summed E-state index contributed by atoms with van der Waals surface area (Å²) in [7, 11) is 0. The Hall–Kier alpha value is -1.78. The van der Waals surface area contributed by atoms with Gasteiger partial charge in [0.05, 0.1) is 11.7 Å². The van der Waals surface area contributed by atoms with Gasteiger partial charge >= 0.3 is 0 Å². The number of carbonyl (C=O) groups excluding carboxylic acids is 2. The van der Waals surface area contributed by atoms with Crippen LogP contribution in [0, 0.1) is 18.3 Å². The van der Waals surface area contributed by atoms with Crippen molar-refractivity contribution in [2.75, 3.05) is 26.2 Å². The molecular formula is C19H26N2O3. The highest BCUT2D eigenvalue weighted by Crippen LogP contribution is 2.41. The third-order valence-electron chi connectivity index (χ3n) is 6.22. The molecule has 1 aromatic rings. The molecule has 5 heteroatoms. The minimum absolute atomic E-state index is 0.0710. The van der Waals surface area contributed by atoms with Crippen molar-refractivity contribution in [3.8, 4) is 0 Å². The maximum atomic E-state index is 13.1. The Morgan fingerprint density at radius 2 is 2.12 bits per heavy atom. The molecule has 5 nitrogen and oxygen atoms in total. The molecule has 0 radical (unpaired) electrons. The van der Waals surface area contributed by atoms with Gasteiger partial charge in [-0.15, -0.1) is 0 Å². The lowest BCUT2D eigenvalue weighted by molar-refractivity contribution is -0.146. The molecule has 3 heterocycles. The second-order valence-corrected chi connectivity index (χ2v) is 7.84. The van der Waals surface area contributed by atoms with E-state index in [2.05, 4.69) is 4.90 Å². The zero-order valence-electron chi connectivity index (χ0n) is 14.4. The molecule has 4 rings (SSSR count). The van der Waals surface area contributed by atoms with E-state index < -0.39 is 0 Å². The van der Waals surface area contributed by atoms with Crippen LogP contribution in [-0.2, 0) is 4.79 Å². The zero-order chi connectivity index (χ0) is 16.7. The van der Waals surface area contributed by atoms with Gasteiger partial charge in [0.1, 0.15) is 0 Å². The maximum Gasteiger partial charge on any atom is 0.289 e. The molecule has 3 fully saturated rings. The molecule has 1 atom stereocenters. The lowest BCUT2D eigenvalue weighted by Crippen LogP contribution is -2.52. The summed E-state index contributed by atoms with van der Waals surface area (Å²) < 4.78 is 5.35. The monoisotopic (exact) mass is 330 g/mol. The summed E-state index contributed by atoms with van der Waals surface area (Å²) in [6, 6.07) is 1.81. The van der Waals surface area contributed by atoms with E-state index in [-0.39, 0.29) is 17.2 Å². The van der Waals surface area contributed by atoms with Gasteiger partial charge in [-0.3, -0.25) is 9.59 Å². The largest absolute Gasteiger partial charge is 0.459 e. The molecule has 2 amide bonds. The number of likely N-dealkylation sites (tertiary alicyclic amines) is 2. The van der Waals surface area contributed by atoms with E-state index in [0.29, 0.717) is 24.8 Å². The number of rotatable bonds is 3. The Morgan fingerprint density at radius 3 is 2.79 bits per heavy atom. The second-order valence-electron chi connectivity index (χ2n) is 7.84. The quantitative estimate of drug-likeness (QED) is 0.856. The Labute approximate surface area is 143 Å². The van der Waals surface area contributed by atoms with Gasteiger partial charge in [0, 0.05) is 31.7 Å². The van der Waals surface area contributed by atoms with Crippen molar-refractivity contribution >= 4 is 11.8 Å². The Bertz CT molecular complexity index is 649. The van der Waals surface area contributed by atoms with Crippen molar-refractivity contribution in [1.82, 2.24) is 9.80 Å². The molecule has 1 aliphatic carbocycles. The van der Waals surface area contributed by atoms with Crippen LogP contribution in [-0.4, -0.2) is 47.8 Å². The van der Waals surface area contributed by atoms with Crippen LogP contribution in [0.1, 0.15) is 54.6 Å². The number of carbonyl (C=O) groups is 2. The van der Waals surface area contributed by atoms with E-state index >= 15 is 0 Å². The summed E-state index contributed by atoms with van der Waals surface area (Å²) in [6.07, 6.45) is 8.15. The van der Waals surface area contributed by atoms with Crippen LogP contribution in [0.4, 0.5) is 0 Å². The van der Waals surface area contributed by atoms with E-state index in [9.17, 15) is 9.59 Å². The zero-order valence-corrected chi connectivity index (χ0v) is 14.4. The fraction of sp³-hybridized carbons (Fsp3) is 0.684. The van der Waals surface area contributed by atoms with Crippen LogP contribution in [0.15, 0.2) is 16.7 Å². The number of amides is 2. The smallest absolute Gasteiger partial charge is 0.289 e. The molecule has 0 N–H and O–H groups in total. The van der Waals surface area contributed by atoms with Gasteiger partial charge in [-0.1, -0.05) is 6.42 Å². The van der Waals surface area contributed by atoms with E-state index in [1.807, 2.05) is 17.9 Å². The molecular weight excluding hydrogens is 304 g/mol. The number of hydrogen-bond donors (Lipinski definition) is 0. The third kappa shape index (κ3) is 2.54. The van der Waals surface area contributed by atoms with Gasteiger partial charge < -0.3 is 14.2 Å². The molecule has 130 valence electrons. The molecule has 0 aromatic carbocycles. The number of hydrogen-bond acceptors (Lipinski definition) is 3. The Morgan fingerprint density at radius 1 is 1.29 bits per heavy atom. The summed E-state index contributed by atoms with van der Waals surface area (Å²) in [6.45, 7) is 4.90. The predicted octanol–water partition coefficient (Wildman–Crippen LogP) is 2.84. The predicted molar refractivity (Wildman–Crippen MR) is 89.6 cm³/mol. The summed E-state index contributed by atoms with van der Waals surface area (Å²) in [4.78, 5) is 29.7.